The Morgan fingerprint density at radius 2 is 1.29 bits per heavy atom. The molecule has 0 atom stereocenters. The van der Waals surface area contributed by atoms with Crippen LogP contribution in [0, 0.1) is 0 Å². The molecule has 0 bridgehead atoms. The average Bonchev–Trinajstić information content (AvgIpc) is 1.46. The van der Waals surface area contributed by atoms with Crippen molar-refractivity contribution >= 4 is 30.0 Å². The zero-order valence-corrected chi connectivity index (χ0v) is 5.30. The van der Waals surface area contributed by atoms with Crippen molar-refractivity contribution in [3.63, 3.8) is 0 Å². The normalized spacial score (nSPS) is 3.14. The number of hydrogen-bond acceptors (Lipinski definition) is 2. The van der Waals surface area contributed by atoms with Crippen LogP contribution in [0.15, 0.2) is 0 Å². The summed E-state index contributed by atoms with van der Waals surface area (Å²) in [5.74, 6) is 0. The van der Waals surface area contributed by atoms with Crippen LogP contribution in [0.4, 0.5) is 0 Å². The third-order valence-corrected chi connectivity index (χ3v) is 0. The van der Waals surface area contributed by atoms with Gasteiger partial charge in [0, 0.05) is 0 Å². The third-order valence-electron chi connectivity index (χ3n) is 0. The van der Waals surface area contributed by atoms with Crippen LogP contribution in [0.3, 0.4) is 0 Å². The van der Waals surface area contributed by atoms with Crippen LogP contribution in [0.1, 0.15) is 0 Å². The van der Waals surface area contributed by atoms with Crippen LogP contribution in [-0.4, -0.2) is 17.6 Å². The Labute approximate surface area is 52.5 Å². The van der Waals surface area contributed by atoms with Crippen LogP contribution in [0.2, 0.25) is 0 Å². The first-order valence-corrected chi connectivity index (χ1v) is 1.89. The predicted molar refractivity (Wildman–Crippen MR) is 32.3 cm³/mol. The molecule has 0 aromatic rings. The third kappa shape index (κ3) is 3710. The maximum Gasteiger partial charge on any atom is 0.106 e. The molecule has 5 heteroatoms. The minimum Gasteiger partial charge on any atom is -0.412 e. The van der Waals surface area contributed by atoms with Crippen LogP contribution >= 0.6 is 23.2 Å². The van der Waals surface area contributed by atoms with E-state index in [2.05, 4.69) is 0 Å². The Morgan fingerprint density at radius 1 is 1.29 bits per heavy atom. The van der Waals surface area contributed by atoms with Gasteiger partial charge in [-0.3, -0.25) is 0 Å². The lowest BCUT2D eigenvalue weighted by Crippen LogP contribution is -1.24. The molecule has 0 aliphatic rings. The molecule has 0 aromatic carbocycles. The van der Waals surface area contributed by atoms with E-state index in [9.17, 15) is 0 Å². The first kappa shape index (κ1) is 27.2. The highest BCUT2D eigenvalue weighted by Crippen LogP contribution is 1.73. The monoisotopic (exact) mass is 149 g/mol. The number of rotatable bonds is 0. The van der Waals surface area contributed by atoms with Gasteiger partial charge in [-0.25, -0.2) is 0 Å². The molecule has 0 fully saturated rings. The Kier molecular flexibility index (Phi) is 467. The fraction of sp³-hybridized carbons (Fsp3) is 0.500. The van der Waals surface area contributed by atoms with Gasteiger partial charge in [0.25, 0.3) is 0 Å². The van der Waals surface area contributed by atoms with Crippen molar-refractivity contribution in [2.45, 2.75) is 0 Å². The molecule has 0 unspecified atom stereocenters. The highest BCUT2D eigenvalue weighted by molar-refractivity contribution is 6.40. The fourth-order valence-corrected chi connectivity index (χ4v) is 0. The van der Waals surface area contributed by atoms with Gasteiger partial charge in [-0.1, -0.05) is 0 Å². The van der Waals surface area contributed by atoms with Gasteiger partial charge in [-0.15, -0.1) is 23.2 Å². The second-order valence-corrected chi connectivity index (χ2v) is 0.909. The van der Waals surface area contributed by atoms with E-state index in [-0.39, 0.29) is 17.0 Å². The molecular weight excluding hydrogens is 141 g/mol. The molecule has 3 nitrogen and oxygen atoms in total. The lowest BCUT2D eigenvalue weighted by atomic mass is 11.9. The van der Waals surface area contributed by atoms with Crippen LogP contribution in [0.25, 0.3) is 0 Å². The number of hydrogen-bond donors (Lipinski definition) is 1. The van der Waals surface area contributed by atoms with Crippen LogP contribution in [0.5, 0.6) is 0 Å². The van der Waals surface area contributed by atoms with Crippen molar-refractivity contribution in [2.75, 3.05) is 5.34 Å². The van der Waals surface area contributed by atoms with Crippen molar-refractivity contribution < 1.29 is 10.3 Å². The van der Waals surface area contributed by atoms with Crippen molar-refractivity contribution in [2.24, 2.45) is 0 Å². The molecule has 0 aromatic heterocycles. The lowest BCUT2D eigenvalue weighted by molar-refractivity contribution is -0.0979. The second kappa shape index (κ2) is 120. The molecule has 48 valence electrons. The fourth-order valence-electron chi connectivity index (χ4n) is 0. The van der Waals surface area contributed by atoms with Crippen molar-refractivity contribution in [1.82, 2.24) is 6.15 Å². The van der Waals surface area contributed by atoms with Gasteiger partial charge >= 0.3 is 0 Å². The molecular formula is C2H9Cl2NO2. The summed E-state index contributed by atoms with van der Waals surface area (Å²) < 4.78 is 0. The zero-order valence-electron chi connectivity index (χ0n) is 3.79. The summed E-state index contributed by atoms with van der Waals surface area (Å²) in [6.45, 7) is 2.00. The van der Waals surface area contributed by atoms with E-state index in [1.807, 2.05) is 6.79 Å². The smallest absolute Gasteiger partial charge is 0.106 e. The number of carbonyl (C=O) groups is 1. The summed E-state index contributed by atoms with van der Waals surface area (Å²) >= 11 is 9.53. The maximum atomic E-state index is 8.00. The molecule has 0 radical (unpaired) electrons. The standard InChI is InChI=1S/CH2Cl2.CH2O.H3N.H2O/c2-1-3;1-2;;/h1H2;1H2;1H3;1H2. The molecule has 5 N–H and O–H groups in total. The van der Waals surface area contributed by atoms with E-state index in [0.717, 1.165) is 0 Å². The molecule has 0 rings (SSSR count). The largest absolute Gasteiger partial charge is 0.412 e. The summed E-state index contributed by atoms with van der Waals surface area (Å²) in [7, 11) is 0. The summed E-state index contributed by atoms with van der Waals surface area (Å²) in [6.07, 6.45) is 0. The van der Waals surface area contributed by atoms with E-state index in [1.54, 1.807) is 0 Å². The second-order valence-electron chi connectivity index (χ2n) is 0.101. The van der Waals surface area contributed by atoms with E-state index >= 15 is 0 Å². The summed E-state index contributed by atoms with van der Waals surface area (Å²) in [4.78, 5) is 8.00. The van der Waals surface area contributed by atoms with Gasteiger partial charge in [0.1, 0.15) is 6.79 Å². The SMILES string of the molecule is C=O.ClCCl.N.O. The van der Waals surface area contributed by atoms with Gasteiger partial charge < -0.3 is 16.4 Å². The zero-order chi connectivity index (χ0) is 4.71. The highest BCUT2D eigenvalue weighted by Gasteiger charge is 1.41. The van der Waals surface area contributed by atoms with Gasteiger partial charge in [0.15, 0.2) is 0 Å². The minimum atomic E-state index is 0. The summed E-state index contributed by atoms with van der Waals surface area (Å²) in [5.41, 5.74) is 0. The Morgan fingerprint density at radius 3 is 1.29 bits per heavy atom. The topological polar surface area (TPSA) is 83.6 Å². The average molecular weight is 150 g/mol. The van der Waals surface area contributed by atoms with Crippen molar-refractivity contribution in [1.29, 1.82) is 0 Å². The first-order chi connectivity index (χ1) is 2.41. The molecule has 0 saturated heterocycles. The Balaban J connectivity index is -0.0000000105. The molecule has 0 amide bonds. The van der Waals surface area contributed by atoms with Gasteiger partial charge in [0.05, 0.1) is 5.34 Å². The Hall–Kier alpha value is 0.170. The number of carbonyl (C=O) groups excluding carboxylic acids is 1. The molecule has 0 aliphatic carbocycles. The first-order valence-electron chi connectivity index (χ1n) is 0.823. The van der Waals surface area contributed by atoms with E-state index in [4.69, 9.17) is 28.0 Å². The highest BCUT2D eigenvalue weighted by atomic mass is 35.5. The summed E-state index contributed by atoms with van der Waals surface area (Å²) in [5, 5.41) is 0.194. The van der Waals surface area contributed by atoms with Gasteiger partial charge in [-0.05, 0) is 0 Å². The summed E-state index contributed by atoms with van der Waals surface area (Å²) in [6, 6.07) is 0. The van der Waals surface area contributed by atoms with Crippen molar-refractivity contribution in [3.8, 4) is 0 Å². The molecule has 0 spiro atoms. The quantitative estimate of drug-likeness (QED) is 0.512. The number of alkyl halides is 2. The number of halogens is 2. The predicted octanol–water partition coefficient (Wildman–Crippen LogP) is 0.574. The molecule has 0 aliphatic heterocycles. The van der Waals surface area contributed by atoms with Crippen LogP contribution < -0.4 is 6.15 Å². The molecule has 7 heavy (non-hydrogen) atoms. The minimum absolute atomic E-state index is 0. The van der Waals surface area contributed by atoms with E-state index in [1.165, 1.54) is 0 Å². The maximum absolute atomic E-state index is 8.00. The van der Waals surface area contributed by atoms with Gasteiger partial charge in [0.2, 0.25) is 0 Å². The van der Waals surface area contributed by atoms with E-state index in [0.29, 0.717) is 0 Å². The lowest BCUT2D eigenvalue weighted by Gasteiger charge is -1.42. The van der Waals surface area contributed by atoms with Gasteiger partial charge in [-0.2, -0.15) is 0 Å². The van der Waals surface area contributed by atoms with E-state index < -0.39 is 0 Å². The molecule has 0 saturated carbocycles. The Bertz CT molecular complexity index is 17.7. The van der Waals surface area contributed by atoms with Crippen LogP contribution in [-0.2, 0) is 4.79 Å². The molecule has 0 heterocycles. The van der Waals surface area contributed by atoms with Crippen molar-refractivity contribution in [3.05, 3.63) is 0 Å².